The number of aromatic nitrogens is 1. The molecule has 4 nitrogen and oxygen atoms in total. The lowest BCUT2D eigenvalue weighted by Crippen LogP contribution is -2.12. The molecule has 3 aromatic rings. The summed E-state index contributed by atoms with van der Waals surface area (Å²) in [5, 5.41) is 4.00. The van der Waals surface area contributed by atoms with Crippen molar-refractivity contribution >= 4 is 11.6 Å². The average Bonchev–Trinajstić information content (AvgIpc) is 3.08. The van der Waals surface area contributed by atoms with Gasteiger partial charge in [-0.3, -0.25) is 0 Å². The Balaban J connectivity index is 1.47. The van der Waals surface area contributed by atoms with Crippen molar-refractivity contribution in [1.82, 2.24) is 10.3 Å². The van der Waals surface area contributed by atoms with Crippen LogP contribution in [0.1, 0.15) is 17.0 Å². The molecule has 0 aliphatic heterocycles. The van der Waals surface area contributed by atoms with E-state index in [0.717, 1.165) is 22.9 Å². The molecule has 118 valence electrons. The predicted molar refractivity (Wildman–Crippen MR) is 89.3 cm³/mol. The first-order valence-electron chi connectivity index (χ1n) is 7.35. The summed E-state index contributed by atoms with van der Waals surface area (Å²) >= 11 is 5.96. The standard InChI is InChI=1S/C18H17ClN2O2/c19-16-3-1-2-15(10-16)13-23-17-6-4-14(5-7-17)11-20-12-18-21-8-9-22-18/h1-10,20H,11-13H2. The van der Waals surface area contributed by atoms with E-state index in [0.29, 0.717) is 19.0 Å². The summed E-state index contributed by atoms with van der Waals surface area (Å²) in [5.74, 6) is 1.52. The molecule has 0 saturated carbocycles. The Bertz CT molecular complexity index is 727. The van der Waals surface area contributed by atoms with Crippen molar-refractivity contribution in [2.45, 2.75) is 19.7 Å². The van der Waals surface area contributed by atoms with Gasteiger partial charge in [-0.1, -0.05) is 35.9 Å². The highest BCUT2D eigenvalue weighted by atomic mass is 35.5. The molecule has 0 spiro atoms. The molecule has 0 amide bonds. The number of nitrogens with zero attached hydrogens (tertiary/aromatic N) is 1. The molecule has 3 rings (SSSR count). The zero-order valence-electron chi connectivity index (χ0n) is 12.5. The molecular weight excluding hydrogens is 312 g/mol. The first-order valence-corrected chi connectivity index (χ1v) is 7.73. The van der Waals surface area contributed by atoms with E-state index in [2.05, 4.69) is 10.3 Å². The van der Waals surface area contributed by atoms with Gasteiger partial charge in [-0.2, -0.15) is 0 Å². The number of halogens is 1. The maximum absolute atomic E-state index is 5.96. The molecule has 0 saturated heterocycles. The molecule has 1 aromatic heterocycles. The van der Waals surface area contributed by atoms with Gasteiger partial charge in [-0.05, 0) is 35.4 Å². The van der Waals surface area contributed by atoms with E-state index in [1.165, 1.54) is 5.56 Å². The highest BCUT2D eigenvalue weighted by Gasteiger charge is 2.00. The SMILES string of the molecule is Clc1cccc(COc2ccc(CNCc3ncco3)cc2)c1. The molecule has 0 unspecified atom stereocenters. The fourth-order valence-electron chi connectivity index (χ4n) is 2.15. The first kappa shape index (κ1) is 15.6. The molecule has 1 N–H and O–H groups in total. The Hall–Kier alpha value is -2.30. The minimum Gasteiger partial charge on any atom is -0.489 e. The molecule has 0 fully saturated rings. The average molecular weight is 329 g/mol. The number of oxazole rings is 1. The second-order valence-electron chi connectivity index (χ2n) is 5.09. The lowest BCUT2D eigenvalue weighted by molar-refractivity contribution is 0.306. The predicted octanol–water partition coefficient (Wildman–Crippen LogP) is 4.20. The summed E-state index contributed by atoms with van der Waals surface area (Å²) in [6, 6.07) is 15.7. The molecule has 1 heterocycles. The van der Waals surface area contributed by atoms with E-state index >= 15 is 0 Å². The van der Waals surface area contributed by atoms with Gasteiger partial charge in [-0.15, -0.1) is 0 Å². The molecule has 23 heavy (non-hydrogen) atoms. The van der Waals surface area contributed by atoms with Crippen molar-refractivity contribution in [3.05, 3.63) is 83.0 Å². The van der Waals surface area contributed by atoms with Crippen molar-refractivity contribution in [3.8, 4) is 5.75 Å². The third kappa shape index (κ3) is 4.84. The van der Waals surface area contributed by atoms with E-state index in [1.807, 2.05) is 48.5 Å². The van der Waals surface area contributed by atoms with Crippen LogP contribution in [0.15, 0.2) is 65.4 Å². The quantitative estimate of drug-likeness (QED) is 0.706. The Morgan fingerprint density at radius 3 is 2.65 bits per heavy atom. The molecule has 0 aliphatic carbocycles. The largest absolute Gasteiger partial charge is 0.489 e. The van der Waals surface area contributed by atoms with Crippen LogP contribution in [0.25, 0.3) is 0 Å². The minimum absolute atomic E-state index is 0.502. The molecule has 0 atom stereocenters. The number of benzene rings is 2. The van der Waals surface area contributed by atoms with Gasteiger partial charge in [0, 0.05) is 11.6 Å². The zero-order valence-corrected chi connectivity index (χ0v) is 13.3. The highest BCUT2D eigenvalue weighted by Crippen LogP contribution is 2.16. The number of rotatable bonds is 7. The molecule has 0 aliphatic rings. The van der Waals surface area contributed by atoms with Crippen LogP contribution >= 0.6 is 11.6 Å². The van der Waals surface area contributed by atoms with E-state index in [4.69, 9.17) is 20.8 Å². The Kier molecular flexibility index (Phi) is 5.29. The maximum Gasteiger partial charge on any atom is 0.207 e. The van der Waals surface area contributed by atoms with Crippen LogP contribution in [0.5, 0.6) is 5.75 Å². The molecule has 0 radical (unpaired) electrons. The Labute approximate surface area is 140 Å². The van der Waals surface area contributed by atoms with Crippen molar-refractivity contribution in [2.24, 2.45) is 0 Å². The van der Waals surface area contributed by atoms with Gasteiger partial charge in [0.15, 0.2) is 0 Å². The van der Waals surface area contributed by atoms with Gasteiger partial charge < -0.3 is 14.5 Å². The highest BCUT2D eigenvalue weighted by molar-refractivity contribution is 6.30. The van der Waals surface area contributed by atoms with Gasteiger partial charge in [0.05, 0.1) is 12.7 Å². The lowest BCUT2D eigenvalue weighted by atomic mass is 10.2. The van der Waals surface area contributed by atoms with Gasteiger partial charge in [-0.25, -0.2) is 4.98 Å². The van der Waals surface area contributed by atoms with Crippen molar-refractivity contribution in [3.63, 3.8) is 0 Å². The van der Waals surface area contributed by atoms with Gasteiger partial charge >= 0.3 is 0 Å². The fraction of sp³-hybridized carbons (Fsp3) is 0.167. The zero-order chi connectivity index (χ0) is 15.9. The number of ether oxygens (including phenoxy) is 1. The number of nitrogens with one attached hydrogen (secondary N) is 1. The van der Waals surface area contributed by atoms with Crippen LogP contribution in [0.4, 0.5) is 0 Å². The van der Waals surface area contributed by atoms with Gasteiger partial charge in [0.1, 0.15) is 18.6 Å². The van der Waals surface area contributed by atoms with Crippen LogP contribution in [0.2, 0.25) is 5.02 Å². The summed E-state index contributed by atoms with van der Waals surface area (Å²) in [4.78, 5) is 4.06. The summed E-state index contributed by atoms with van der Waals surface area (Å²) in [6.45, 7) is 1.86. The fourth-order valence-corrected chi connectivity index (χ4v) is 2.36. The van der Waals surface area contributed by atoms with E-state index in [1.54, 1.807) is 12.5 Å². The van der Waals surface area contributed by atoms with Crippen LogP contribution in [-0.4, -0.2) is 4.98 Å². The summed E-state index contributed by atoms with van der Waals surface area (Å²) in [6.07, 6.45) is 3.21. The van der Waals surface area contributed by atoms with Crippen molar-refractivity contribution in [2.75, 3.05) is 0 Å². The molecule has 5 heteroatoms. The normalized spacial score (nSPS) is 10.7. The molecule has 2 aromatic carbocycles. The molecule has 0 bridgehead atoms. The van der Waals surface area contributed by atoms with Crippen LogP contribution in [-0.2, 0) is 19.7 Å². The van der Waals surface area contributed by atoms with Crippen molar-refractivity contribution < 1.29 is 9.15 Å². The number of hydrogen-bond donors (Lipinski definition) is 1. The maximum atomic E-state index is 5.96. The second kappa shape index (κ2) is 7.81. The van der Waals surface area contributed by atoms with E-state index in [-0.39, 0.29) is 0 Å². The van der Waals surface area contributed by atoms with E-state index < -0.39 is 0 Å². The lowest BCUT2D eigenvalue weighted by Gasteiger charge is -2.08. The van der Waals surface area contributed by atoms with Crippen LogP contribution in [0, 0.1) is 0 Å². The Morgan fingerprint density at radius 1 is 1.04 bits per heavy atom. The topological polar surface area (TPSA) is 47.3 Å². The second-order valence-corrected chi connectivity index (χ2v) is 5.53. The number of hydrogen-bond acceptors (Lipinski definition) is 4. The summed E-state index contributed by atoms with van der Waals surface area (Å²) in [7, 11) is 0. The van der Waals surface area contributed by atoms with Crippen molar-refractivity contribution in [1.29, 1.82) is 0 Å². The smallest absolute Gasteiger partial charge is 0.207 e. The van der Waals surface area contributed by atoms with E-state index in [9.17, 15) is 0 Å². The Morgan fingerprint density at radius 2 is 1.91 bits per heavy atom. The first-order chi connectivity index (χ1) is 11.3. The monoisotopic (exact) mass is 328 g/mol. The summed E-state index contributed by atoms with van der Waals surface area (Å²) < 4.78 is 10.9. The van der Waals surface area contributed by atoms with Gasteiger partial charge in [0.25, 0.3) is 0 Å². The molecular formula is C18H17ClN2O2. The van der Waals surface area contributed by atoms with Crippen LogP contribution < -0.4 is 10.1 Å². The third-order valence-corrected chi connectivity index (χ3v) is 3.54. The van der Waals surface area contributed by atoms with Gasteiger partial charge in [0.2, 0.25) is 5.89 Å². The third-order valence-electron chi connectivity index (χ3n) is 3.31. The van der Waals surface area contributed by atoms with Crippen LogP contribution in [0.3, 0.4) is 0 Å². The summed E-state index contributed by atoms with van der Waals surface area (Å²) in [5.41, 5.74) is 2.22. The minimum atomic E-state index is 0.502.